The van der Waals surface area contributed by atoms with Crippen molar-refractivity contribution in [2.24, 2.45) is 0 Å². The van der Waals surface area contributed by atoms with Crippen LogP contribution in [0, 0.1) is 17.5 Å². The summed E-state index contributed by atoms with van der Waals surface area (Å²) in [6.45, 7) is 3.39. The van der Waals surface area contributed by atoms with E-state index in [4.69, 9.17) is 16.7 Å². The monoisotopic (exact) mass is 318 g/mol. The Balaban J connectivity index is 2.71. The van der Waals surface area contributed by atoms with Gasteiger partial charge < -0.3 is 5.11 Å². The van der Waals surface area contributed by atoms with Crippen LogP contribution in [0.4, 0.5) is 13.2 Å². The third kappa shape index (κ3) is 2.61. The Morgan fingerprint density at radius 1 is 1.29 bits per heavy atom. The fourth-order valence-corrected chi connectivity index (χ4v) is 2.16. The molecule has 8 heteroatoms. The molecule has 2 rings (SSSR count). The highest BCUT2D eigenvalue weighted by Crippen LogP contribution is 2.29. The average molecular weight is 319 g/mol. The van der Waals surface area contributed by atoms with Gasteiger partial charge in [0, 0.05) is 12.1 Å². The number of halogens is 4. The molecule has 0 aliphatic heterocycles. The van der Waals surface area contributed by atoms with Crippen LogP contribution in [0.5, 0.6) is 0 Å². The zero-order valence-electron chi connectivity index (χ0n) is 11.0. The standard InChI is InChI=1S/C13H10ClF3N2O2/c1-5(2)11-9(13(20)21)12(14)19(18-11)6-3-7(15)10(17)8(16)4-6/h3-5H,1-2H3,(H,20,21). The minimum absolute atomic E-state index is 0.164. The van der Waals surface area contributed by atoms with Crippen molar-refractivity contribution in [3.05, 3.63) is 46.0 Å². The van der Waals surface area contributed by atoms with E-state index in [-0.39, 0.29) is 28.0 Å². The lowest BCUT2D eigenvalue weighted by molar-refractivity contribution is 0.0695. The Hall–Kier alpha value is -2.02. The summed E-state index contributed by atoms with van der Waals surface area (Å²) in [5, 5.41) is 12.8. The first kappa shape index (κ1) is 15.4. The van der Waals surface area contributed by atoms with Crippen molar-refractivity contribution in [2.45, 2.75) is 19.8 Å². The predicted octanol–water partition coefficient (Wildman–Crippen LogP) is 3.76. The number of carbonyl (C=O) groups is 1. The van der Waals surface area contributed by atoms with E-state index < -0.39 is 23.4 Å². The van der Waals surface area contributed by atoms with Gasteiger partial charge in [0.05, 0.1) is 11.4 Å². The molecule has 112 valence electrons. The molecule has 21 heavy (non-hydrogen) atoms. The molecule has 0 saturated carbocycles. The topological polar surface area (TPSA) is 55.1 Å². The SMILES string of the molecule is CC(C)c1nn(-c2cc(F)c(F)c(F)c2)c(Cl)c1C(=O)O. The molecule has 0 aliphatic rings. The fraction of sp³-hybridized carbons (Fsp3) is 0.231. The van der Waals surface area contributed by atoms with E-state index in [2.05, 4.69) is 5.10 Å². The van der Waals surface area contributed by atoms with Crippen molar-refractivity contribution >= 4 is 17.6 Å². The number of aromatic nitrogens is 2. The van der Waals surface area contributed by atoms with Gasteiger partial charge in [-0.1, -0.05) is 25.4 Å². The number of rotatable bonds is 3. The molecule has 0 unspecified atom stereocenters. The number of hydrogen-bond acceptors (Lipinski definition) is 2. The Labute approximate surface area is 122 Å². The molecule has 0 amide bonds. The van der Waals surface area contributed by atoms with Gasteiger partial charge in [0.1, 0.15) is 10.7 Å². The Kier molecular flexibility index (Phi) is 3.95. The summed E-state index contributed by atoms with van der Waals surface area (Å²) in [7, 11) is 0. The molecule has 0 aliphatic carbocycles. The summed E-state index contributed by atoms with van der Waals surface area (Å²) < 4.78 is 40.4. The first-order valence-electron chi connectivity index (χ1n) is 5.90. The first-order chi connectivity index (χ1) is 9.73. The molecular weight excluding hydrogens is 309 g/mol. The Morgan fingerprint density at radius 3 is 2.19 bits per heavy atom. The number of carboxylic acids is 1. The van der Waals surface area contributed by atoms with Crippen LogP contribution in [0.25, 0.3) is 5.69 Å². The number of carboxylic acid groups (broad SMARTS) is 1. The van der Waals surface area contributed by atoms with E-state index >= 15 is 0 Å². The molecule has 0 fully saturated rings. The zero-order valence-corrected chi connectivity index (χ0v) is 11.7. The molecule has 1 aromatic heterocycles. The smallest absolute Gasteiger partial charge is 0.340 e. The second-order valence-corrected chi connectivity index (χ2v) is 5.00. The van der Waals surface area contributed by atoms with Crippen LogP contribution >= 0.6 is 11.6 Å². The lowest BCUT2D eigenvalue weighted by Crippen LogP contribution is -2.02. The molecule has 0 bridgehead atoms. The van der Waals surface area contributed by atoms with E-state index in [0.29, 0.717) is 12.1 Å². The van der Waals surface area contributed by atoms with Gasteiger partial charge in [-0.3, -0.25) is 0 Å². The van der Waals surface area contributed by atoms with Crippen LogP contribution in [0.15, 0.2) is 12.1 Å². The minimum atomic E-state index is -1.62. The van der Waals surface area contributed by atoms with Gasteiger partial charge in [0.2, 0.25) is 0 Å². The van der Waals surface area contributed by atoms with Gasteiger partial charge in [-0.25, -0.2) is 22.6 Å². The molecule has 2 aromatic rings. The van der Waals surface area contributed by atoms with Crippen LogP contribution in [0.1, 0.15) is 35.8 Å². The maximum absolute atomic E-state index is 13.3. The summed E-state index contributed by atoms with van der Waals surface area (Å²) in [6.07, 6.45) is 0. The van der Waals surface area contributed by atoms with Crippen molar-refractivity contribution in [3.63, 3.8) is 0 Å². The van der Waals surface area contributed by atoms with Gasteiger partial charge in [-0.2, -0.15) is 5.10 Å². The highest BCUT2D eigenvalue weighted by atomic mass is 35.5. The van der Waals surface area contributed by atoms with E-state index in [1.807, 2.05) is 0 Å². The number of nitrogens with zero attached hydrogens (tertiary/aromatic N) is 2. The summed E-state index contributed by atoms with van der Waals surface area (Å²) in [4.78, 5) is 11.2. The molecule has 0 atom stereocenters. The molecule has 0 spiro atoms. The van der Waals surface area contributed by atoms with E-state index in [9.17, 15) is 18.0 Å². The van der Waals surface area contributed by atoms with Gasteiger partial charge in [0.25, 0.3) is 0 Å². The third-order valence-corrected chi connectivity index (χ3v) is 3.18. The van der Waals surface area contributed by atoms with Crippen molar-refractivity contribution in [3.8, 4) is 5.69 Å². The van der Waals surface area contributed by atoms with E-state index in [1.165, 1.54) is 0 Å². The largest absolute Gasteiger partial charge is 0.478 e. The third-order valence-electron chi connectivity index (χ3n) is 2.83. The van der Waals surface area contributed by atoms with Crippen molar-refractivity contribution in [1.29, 1.82) is 0 Å². The van der Waals surface area contributed by atoms with Crippen LogP contribution in [0.2, 0.25) is 5.15 Å². The van der Waals surface area contributed by atoms with Crippen LogP contribution < -0.4 is 0 Å². The molecule has 4 nitrogen and oxygen atoms in total. The summed E-state index contributed by atoms with van der Waals surface area (Å²) in [5.41, 5.74) is -0.291. The van der Waals surface area contributed by atoms with Crippen molar-refractivity contribution < 1.29 is 23.1 Å². The molecule has 0 radical (unpaired) electrons. The number of aromatic carboxylic acids is 1. The highest BCUT2D eigenvalue weighted by Gasteiger charge is 2.25. The second-order valence-electron chi connectivity index (χ2n) is 4.65. The summed E-state index contributed by atoms with van der Waals surface area (Å²) in [5.74, 6) is -6.04. The first-order valence-corrected chi connectivity index (χ1v) is 6.28. The summed E-state index contributed by atoms with van der Waals surface area (Å²) in [6, 6.07) is 1.38. The van der Waals surface area contributed by atoms with Crippen LogP contribution in [0.3, 0.4) is 0 Å². The van der Waals surface area contributed by atoms with E-state index in [1.54, 1.807) is 13.8 Å². The van der Waals surface area contributed by atoms with E-state index in [0.717, 1.165) is 4.68 Å². The quantitative estimate of drug-likeness (QED) is 0.877. The minimum Gasteiger partial charge on any atom is -0.478 e. The zero-order chi connectivity index (χ0) is 15.9. The molecular formula is C13H10ClF3N2O2. The van der Waals surface area contributed by atoms with Gasteiger partial charge in [-0.05, 0) is 5.92 Å². The van der Waals surface area contributed by atoms with Crippen molar-refractivity contribution in [2.75, 3.05) is 0 Å². The normalized spacial score (nSPS) is 11.2. The van der Waals surface area contributed by atoms with Crippen LogP contribution in [-0.2, 0) is 0 Å². The summed E-state index contributed by atoms with van der Waals surface area (Å²) >= 11 is 5.93. The molecule has 1 N–H and O–H groups in total. The maximum Gasteiger partial charge on any atom is 0.340 e. The lowest BCUT2D eigenvalue weighted by Gasteiger charge is -2.05. The number of hydrogen-bond donors (Lipinski definition) is 1. The predicted molar refractivity (Wildman–Crippen MR) is 69.5 cm³/mol. The highest BCUT2D eigenvalue weighted by molar-refractivity contribution is 6.33. The Morgan fingerprint density at radius 2 is 1.81 bits per heavy atom. The lowest BCUT2D eigenvalue weighted by atomic mass is 10.1. The number of benzene rings is 1. The maximum atomic E-state index is 13.3. The Bertz CT molecular complexity index is 705. The average Bonchev–Trinajstić information content (AvgIpc) is 2.73. The van der Waals surface area contributed by atoms with Crippen molar-refractivity contribution in [1.82, 2.24) is 9.78 Å². The molecule has 0 saturated heterocycles. The molecule has 1 aromatic carbocycles. The van der Waals surface area contributed by atoms with Gasteiger partial charge in [0.15, 0.2) is 17.5 Å². The van der Waals surface area contributed by atoms with Gasteiger partial charge in [-0.15, -0.1) is 0 Å². The fourth-order valence-electron chi connectivity index (χ4n) is 1.85. The van der Waals surface area contributed by atoms with Gasteiger partial charge >= 0.3 is 5.97 Å². The molecule has 1 heterocycles. The van der Waals surface area contributed by atoms with Crippen LogP contribution in [-0.4, -0.2) is 20.9 Å². The second kappa shape index (κ2) is 5.40.